The zero-order valence-corrected chi connectivity index (χ0v) is 11.5. The van der Waals surface area contributed by atoms with Crippen molar-refractivity contribution in [3.05, 3.63) is 24.0 Å². The molecule has 0 aromatic heterocycles. The van der Waals surface area contributed by atoms with Crippen molar-refractivity contribution in [1.29, 1.82) is 0 Å². The number of benzene rings is 1. The summed E-state index contributed by atoms with van der Waals surface area (Å²) in [5.41, 5.74) is 5.81. The van der Waals surface area contributed by atoms with Gasteiger partial charge in [0.1, 0.15) is 11.6 Å². The summed E-state index contributed by atoms with van der Waals surface area (Å²) in [5.74, 6) is -1.13. The number of hydrogen-bond acceptors (Lipinski definition) is 4. The molecule has 0 aliphatic carbocycles. The molecular formula is C12H17FN2O3S. The molecule has 19 heavy (non-hydrogen) atoms. The summed E-state index contributed by atoms with van der Waals surface area (Å²) >= 11 is 0. The van der Waals surface area contributed by atoms with Crippen LogP contribution in [0.15, 0.2) is 23.1 Å². The number of amides is 1. The molecule has 0 saturated heterocycles. The maximum Gasteiger partial charge on any atom is 0.233 e. The Balaban J connectivity index is 2.50. The van der Waals surface area contributed by atoms with Crippen LogP contribution in [0, 0.1) is 5.82 Å². The molecule has 1 aromatic rings. The van der Waals surface area contributed by atoms with Gasteiger partial charge in [-0.2, -0.15) is 0 Å². The molecule has 0 saturated carbocycles. The number of carbonyl (C=O) groups is 1. The van der Waals surface area contributed by atoms with Crippen LogP contribution in [0.3, 0.4) is 0 Å². The van der Waals surface area contributed by atoms with Gasteiger partial charge in [0.2, 0.25) is 5.91 Å². The number of carbonyl (C=O) groups excluding carboxylic acids is 1. The topological polar surface area (TPSA) is 81.4 Å². The van der Waals surface area contributed by atoms with Gasteiger partial charge in [0, 0.05) is 25.9 Å². The zero-order chi connectivity index (χ0) is 14.3. The lowest BCUT2D eigenvalue weighted by Crippen LogP contribution is -2.29. The Labute approximate surface area is 113 Å². The van der Waals surface area contributed by atoms with Gasteiger partial charge in [0.25, 0.3) is 0 Å². The van der Waals surface area contributed by atoms with E-state index in [9.17, 15) is 13.4 Å². The SMILES string of the molecule is COCCCNC(=O)CS(=O)c1cc(F)ccc1N. The minimum atomic E-state index is -1.65. The van der Waals surface area contributed by atoms with E-state index >= 15 is 0 Å². The van der Waals surface area contributed by atoms with Gasteiger partial charge in [-0.05, 0) is 24.6 Å². The van der Waals surface area contributed by atoms with E-state index in [2.05, 4.69) is 5.32 Å². The van der Waals surface area contributed by atoms with Crippen molar-refractivity contribution in [2.75, 3.05) is 31.7 Å². The zero-order valence-electron chi connectivity index (χ0n) is 10.6. The first kappa shape index (κ1) is 15.6. The van der Waals surface area contributed by atoms with Crippen LogP contribution in [-0.2, 0) is 20.3 Å². The molecule has 106 valence electrons. The third-order valence-electron chi connectivity index (χ3n) is 2.33. The van der Waals surface area contributed by atoms with Crippen LogP contribution in [0.25, 0.3) is 0 Å². The Morgan fingerprint density at radius 3 is 2.95 bits per heavy atom. The first-order valence-corrected chi connectivity index (χ1v) is 7.05. The lowest BCUT2D eigenvalue weighted by molar-refractivity contribution is -0.118. The van der Waals surface area contributed by atoms with Crippen molar-refractivity contribution in [1.82, 2.24) is 5.32 Å². The van der Waals surface area contributed by atoms with Crippen molar-refractivity contribution in [3.63, 3.8) is 0 Å². The summed E-state index contributed by atoms with van der Waals surface area (Å²) in [7, 11) is -0.0778. The standard InChI is InChI=1S/C12H17FN2O3S/c1-18-6-2-5-15-12(16)8-19(17)11-7-9(13)3-4-10(11)14/h3-4,7H,2,5-6,8,14H2,1H3,(H,15,16). The maximum absolute atomic E-state index is 13.0. The number of halogens is 1. The second kappa shape index (κ2) is 7.85. The summed E-state index contributed by atoms with van der Waals surface area (Å²) in [4.78, 5) is 11.7. The Hall–Kier alpha value is -1.47. The molecule has 0 heterocycles. The van der Waals surface area contributed by atoms with E-state index in [0.717, 1.165) is 6.07 Å². The minimum Gasteiger partial charge on any atom is -0.398 e. The predicted molar refractivity (Wildman–Crippen MR) is 71.6 cm³/mol. The van der Waals surface area contributed by atoms with E-state index < -0.39 is 16.6 Å². The first-order valence-electron chi connectivity index (χ1n) is 5.73. The van der Waals surface area contributed by atoms with E-state index in [1.165, 1.54) is 12.1 Å². The normalized spacial score (nSPS) is 12.1. The molecule has 0 fully saturated rings. The lowest BCUT2D eigenvalue weighted by atomic mass is 10.3. The van der Waals surface area contributed by atoms with Crippen molar-refractivity contribution in [2.45, 2.75) is 11.3 Å². The predicted octanol–water partition coefficient (Wildman–Crippen LogP) is 0.668. The van der Waals surface area contributed by atoms with Crippen LogP contribution >= 0.6 is 0 Å². The van der Waals surface area contributed by atoms with Gasteiger partial charge in [-0.25, -0.2) is 4.39 Å². The van der Waals surface area contributed by atoms with Crippen molar-refractivity contribution < 1.29 is 18.1 Å². The largest absolute Gasteiger partial charge is 0.398 e. The first-order chi connectivity index (χ1) is 9.04. The molecule has 1 aromatic carbocycles. The molecular weight excluding hydrogens is 271 g/mol. The number of nitrogens with one attached hydrogen (secondary N) is 1. The minimum absolute atomic E-state index is 0.145. The number of anilines is 1. The molecule has 0 aliphatic heterocycles. The number of methoxy groups -OCH3 is 1. The number of rotatable bonds is 7. The second-order valence-electron chi connectivity index (χ2n) is 3.87. The highest BCUT2D eigenvalue weighted by molar-refractivity contribution is 7.86. The fourth-order valence-corrected chi connectivity index (χ4v) is 2.47. The van der Waals surface area contributed by atoms with Gasteiger partial charge in [-0.15, -0.1) is 0 Å². The fourth-order valence-electron chi connectivity index (χ4n) is 1.40. The molecule has 5 nitrogen and oxygen atoms in total. The Kier molecular flexibility index (Phi) is 6.44. The van der Waals surface area contributed by atoms with Crippen LogP contribution in [0.4, 0.5) is 10.1 Å². The third-order valence-corrected chi connectivity index (χ3v) is 3.70. The van der Waals surface area contributed by atoms with E-state index in [1.54, 1.807) is 7.11 Å². The molecule has 3 N–H and O–H groups in total. The summed E-state index contributed by atoms with van der Waals surface area (Å²) < 4.78 is 29.8. The number of hydrogen-bond donors (Lipinski definition) is 2. The molecule has 0 spiro atoms. The summed E-state index contributed by atoms with van der Waals surface area (Å²) in [6.45, 7) is 0.989. The second-order valence-corrected chi connectivity index (χ2v) is 5.29. The van der Waals surface area contributed by atoms with Gasteiger partial charge in [-0.3, -0.25) is 9.00 Å². The third kappa shape index (κ3) is 5.35. The summed E-state index contributed by atoms with van der Waals surface area (Å²) in [5, 5.41) is 2.61. The molecule has 1 atom stereocenters. The molecule has 1 amide bonds. The van der Waals surface area contributed by atoms with Crippen LogP contribution in [0.5, 0.6) is 0 Å². The smallest absolute Gasteiger partial charge is 0.233 e. The molecule has 0 aliphatic rings. The fraction of sp³-hybridized carbons (Fsp3) is 0.417. The molecule has 1 unspecified atom stereocenters. The van der Waals surface area contributed by atoms with E-state index in [4.69, 9.17) is 10.5 Å². The molecule has 0 bridgehead atoms. The van der Waals surface area contributed by atoms with Gasteiger partial charge in [-0.1, -0.05) is 0 Å². The average molecular weight is 288 g/mol. The van der Waals surface area contributed by atoms with Gasteiger partial charge < -0.3 is 15.8 Å². The average Bonchev–Trinajstić information content (AvgIpc) is 2.37. The lowest BCUT2D eigenvalue weighted by Gasteiger charge is -2.07. The summed E-state index contributed by atoms with van der Waals surface area (Å²) in [6.07, 6.45) is 0.678. The Morgan fingerprint density at radius 2 is 2.26 bits per heavy atom. The number of nitrogens with two attached hydrogens (primary N) is 1. The molecule has 7 heteroatoms. The number of ether oxygens (including phenoxy) is 1. The number of nitrogen functional groups attached to an aromatic ring is 1. The highest BCUT2D eigenvalue weighted by Crippen LogP contribution is 2.17. The Bertz CT molecular complexity index is 468. The van der Waals surface area contributed by atoms with Crippen molar-refractivity contribution in [2.24, 2.45) is 0 Å². The summed E-state index contributed by atoms with van der Waals surface area (Å²) in [6, 6.07) is 3.60. The highest BCUT2D eigenvalue weighted by atomic mass is 32.2. The monoisotopic (exact) mass is 288 g/mol. The van der Waals surface area contributed by atoms with Crippen LogP contribution < -0.4 is 11.1 Å². The van der Waals surface area contributed by atoms with E-state index in [1.807, 2.05) is 0 Å². The van der Waals surface area contributed by atoms with Crippen LogP contribution in [-0.4, -0.2) is 36.1 Å². The highest BCUT2D eigenvalue weighted by Gasteiger charge is 2.13. The Morgan fingerprint density at radius 1 is 1.53 bits per heavy atom. The van der Waals surface area contributed by atoms with Crippen LogP contribution in [0.1, 0.15) is 6.42 Å². The maximum atomic E-state index is 13.0. The van der Waals surface area contributed by atoms with Crippen molar-refractivity contribution in [3.8, 4) is 0 Å². The quantitative estimate of drug-likeness (QED) is 0.571. The van der Waals surface area contributed by atoms with E-state index in [-0.39, 0.29) is 22.2 Å². The van der Waals surface area contributed by atoms with Gasteiger partial charge in [0.05, 0.1) is 15.7 Å². The van der Waals surface area contributed by atoms with Gasteiger partial charge >= 0.3 is 0 Å². The molecule has 1 rings (SSSR count). The van der Waals surface area contributed by atoms with Gasteiger partial charge in [0.15, 0.2) is 0 Å². The van der Waals surface area contributed by atoms with E-state index in [0.29, 0.717) is 19.6 Å². The van der Waals surface area contributed by atoms with Crippen molar-refractivity contribution >= 4 is 22.4 Å². The van der Waals surface area contributed by atoms with Crippen LogP contribution in [0.2, 0.25) is 0 Å². The molecule has 0 radical (unpaired) electrons.